The minimum absolute atomic E-state index is 0.115. The fourth-order valence-corrected chi connectivity index (χ4v) is 2.50. The Morgan fingerprint density at radius 3 is 2.95 bits per heavy atom. The van der Waals surface area contributed by atoms with Gasteiger partial charge in [-0.15, -0.1) is 0 Å². The highest BCUT2D eigenvalue weighted by Crippen LogP contribution is 2.38. The summed E-state index contributed by atoms with van der Waals surface area (Å²) in [5, 5.41) is 0. The topological polar surface area (TPSA) is 75.3 Å². The van der Waals surface area contributed by atoms with Crippen LogP contribution in [0.25, 0.3) is 0 Å². The summed E-state index contributed by atoms with van der Waals surface area (Å²) >= 11 is 0. The van der Waals surface area contributed by atoms with Gasteiger partial charge in [-0.05, 0) is 19.3 Å². The van der Waals surface area contributed by atoms with Crippen molar-refractivity contribution in [3.8, 4) is 0 Å². The van der Waals surface area contributed by atoms with Gasteiger partial charge in [0.25, 0.3) is 5.56 Å². The molecule has 1 aliphatic carbocycles. The number of ether oxygens (including phenoxy) is 1. The smallest absolute Gasteiger partial charge is 0.310 e. The van der Waals surface area contributed by atoms with Crippen molar-refractivity contribution in [1.29, 1.82) is 0 Å². The number of carbonyl (C=O) groups is 1. The fraction of sp³-hybridized carbons (Fsp3) is 0.615. The molecule has 6 heteroatoms. The molecule has 102 valence electrons. The van der Waals surface area contributed by atoms with E-state index in [4.69, 9.17) is 4.74 Å². The molecule has 0 radical (unpaired) electrons. The number of nitrogens with one attached hydrogen (secondary N) is 1. The predicted molar refractivity (Wildman–Crippen MR) is 69.2 cm³/mol. The van der Waals surface area contributed by atoms with Crippen molar-refractivity contribution in [2.24, 2.45) is 5.92 Å². The summed E-state index contributed by atoms with van der Waals surface area (Å²) in [6.07, 6.45) is 2.94. The molecule has 2 fully saturated rings. The van der Waals surface area contributed by atoms with E-state index in [-0.39, 0.29) is 17.4 Å². The van der Waals surface area contributed by atoms with Gasteiger partial charge < -0.3 is 14.6 Å². The average molecular weight is 263 g/mol. The van der Waals surface area contributed by atoms with E-state index >= 15 is 0 Å². The zero-order valence-electron chi connectivity index (χ0n) is 10.9. The van der Waals surface area contributed by atoms with Crippen LogP contribution in [0.1, 0.15) is 31.0 Å². The largest absolute Gasteiger partial charge is 0.469 e. The summed E-state index contributed by atoms with van der Waals surface area (Å²) < 4.78 is 4.76. The Balaban J connectivity index is 1.79. The van der Waals surface area contributed by atoms with Crippen LogP contribution in [0.2, 0.25) is 0 Å². The number of rotatable bonds is 3. The number of esters is 1. The summed E-state index contributed by atoms with van der Waals surface area (Å²) in [7, 11) is 1.40. The lowest BCUT2D eigenvalue weighted by Gasteiger charge is -2.17. The third-order valence-corrected chi connectivity index (χ3v) is 3.76. The average Bonchev–Trinajstić information content (AvgIpc) is 3.14. The van der Waals surface area contributed by atoms with E-state index in [1.807, 2.05) is 4.90 Å². The number of hydrogen-bond acceptors (Lipinski definition) is 5. The quantitative estimate of drug-likeness (QED) is 0.810. The van der Waals surface area contributed by atoms with Gasteiger partial charge in [-0.2, -0.15) is 0 Å². The van der Waals surface area contributed by atoms with Crippen molar-refractivity contribution < 1.29 is 9.53 Å². The van der Waals surface area contributed by atoms with Gasteiger partial charge in [0.05, 0.1) is 13.0 Å². The molecule has 6 nitrogen and oxygen atoms in total. The molecule has 1 N–H and O–H groups in total. The standard InChI is InChI=1S/C13H17N3O3/c1-19-13(18)9-4-5-16(7-9)10-6-11(17)15-12(14-10)8-2-3-8/h6,8-9H,2-5,7H2,1H3,(H,14,15,17). The second-order valence-electron chi connectivity index (χ2n) is 5.22. The molecule has 1 saturated heterocycles. The molecule has 1 saturated carbocycles. The van der Waals surface area contributed by atoms with Gasteiger partial charge in [0, 0.05) is 25.1 Å². The zero-order valence-corrected chi connectivity index (χ0v) is 10.9. The number of aromatic amines is 1. The number of nitrogens with zero attached hydrogens (tertiary/aromatic N) is 2. The number of H-pyrrole nitrogens is 1. The Morgan fingerprint density at radius 2 is 2.26 bits per heavy atom. The van der Waals surface area contributed by atoms with Crippen LogP contribution in [0.3, 0.4) is 0 Å². The molecule has 1 aromatic rings. The maximum atomic E-state index is 11.7. The number of anilines is 1. The molecule has 1 aromatic heterocycles. The highest BCUT2D eigenvalue weighted by molar-refractivity contribution is 5.74. The van der Waals surface area contributed by atoms with E-state index < -0.39 is 0 Å². The maximum absolute atomic E-state index is 11.7. The molecule has 19 heavy (non-hydrogen) atoms. The second kappa shape index (κ2) is 4.68. The highest BCUT2D eigenvalue weighted by Gasteiger charge is 2.31. The molecule has 2 heterocycles. The number of methoxy groups -OCH3 is 1. The molecular formula is C13H17N3O3. The lowest BCUT2D eigenvalue weighted by atomic mass is 10.1. The molecule has 0 bridgehead atoms. The van der Waals surface area contributed by atoms with Crippen LogP contribution < -0.4 is 10.5 Å². The number of carbonyl (C=O) groups excluding carboxylic acids is 1. The Kier molecular flexibility index (Phi) is 3.00. The number of hydrogen-bond donors (Lipinski definition) is 1. The molecule has 1 atom stereocenters. The van der Waals surface area contributed by atoms with Gasteiger partial charge in [-0.3, -0.25) is 9.59 Å². The van der Waals surface area contributed by atoms with Crippen LogP contribution in [0.4, 0.5) is 5.82 Å². The Labute approximate surface area is 110 Å². The zero-order chi connectivity index (χ0) is 13.4. The summed E-state index contributed by atoms with van der Waals surface area (Å²) in [5.74, 6) is 1.57. The summed E-state index contributed by atoms with van der Waals surface area (Å²) in [6, 6.07) is 1.51. The Bertz CT molecular complexity index is 550. The lowest BCUT2D eigenvalue weighted by Crippen LogP contribution is -2.26. The first-order valence-corrected chi connectivity index (χ1v) is 6.61. The van der Waals surface area contributed by atoms with Gasteiger partial charge in [0.1, 0.15) is 11.6 Å². The molecular weight excluding hydrogens is 246 g/mol. The van der Waals surface area contributed by atoms with Crippen molar-refractivity contribution in [3.63, 3.8) is 0 Å². The summed E-state index contributed by atoms with van der Waals surface area (Å²) in [5.41, 5.74) is -0.117. The van der Waals surface area contributed by atoms with Crippen molar-refractivity contribution in [3.05, 3.63) is 22.2 Å². The van der Waals surface area contributed by atoms with Crippen LogP contribution in [0.15, 0.2) is 10.9 Å². The van der Waals surface area contributed by atoms with E-state index in [1.165, 1.54) is 13.2 Å². The molecule has 1 unspecified atom stereocenters. The SMILES string of the molecule is COC(=O)C1CCN(c2cc(=O)[nH]c(C3CC3)n2)C1. The molecule has 0 amide bonds. The van der Waals surface area contributed by atoms with Crippen LogP contribution >= 0.6 is 0 Å². The third-order valence-electron chi connectivity index (χ3n) is 3.76. The molecule has 3 rings (SSSR count). The minimum atomic E-state index is -0.185. The highest BCUT2D eigenvalue weighted by atomic mass is 16.5. The van der Waals surface area contributed by atoms with E-state index in [9.17, 15) is 9.59 Å². The van der Waals surface area contributed by atoms with Crippen LogP contribution in [0, 0.1) is 5.92 Å². The first-order valence-electron chi connectivity index (χ1n) is 6.61. The second-order valence-corrected chi connectivity index (χ2v) is 5.22. The predicted octanol–water partition coefficient (Wildman–Crippen LogP) is 0.647. The summed E-state index contributed by atoms with van der Waals surface area (Å²) in [6.45, 7) is 1.31. The van der Waals surface area contributed by atoms with Crippen molar-refractivity contribution in [2.75, 3.05) is 25.1 Å². The molecule has 0 aromatic carbocycles. The van der Waals surface area contributed by atoms with Crippen molar-refractivity contribution in [2.45, 2.75) is 25.2 Å². The van der Waals surface area contributed by atoms with Crippen LogP contribution in [0.5, 0.6) is 0 Å². The summed E-state index contributed by atoms with van der Waals surface area (Å²) in [4.78, 5) is 32.5. The first kappa shape index (κ1) is 12.2. The van der Waals surface area contributed by atoms with Crippen molar-refractivity contribution >= 4 is 11.8 Å². The Morgan fingerprint density at radius 1 is 1.47 bits per heavy atom. The third kappa shape index (κ3) is 2.47. The van der Waals surface area contributed by atoms with Crippen LogP contribution in [-0.2, 0) is 9.53 Å². The normalized spacial score (nSPS) is 22.6. The molecule has 0 spiro atoms. The Hall–Kier alpha value is -1.85. The van der Waals surface area contributed by atoms with Gasteiger partial charge in [0.2, 0.25) is 0 Å². The van der Waals surface area contributed by atoms with Gasteiger partial charge in [-0.1, -0.05) is 0 Å². The first-order chi connectivity index (χ1) is 9.17. The maximum Gasteiger partial charge on any atom is 0.310 e. The van der Waals surface area contributed by atoms with E-state index in [0.29, 0.717) is 18.3 Å². The van der Waals surface area contributed by atoms with Gasteiger partial charge >= 0.3 is 5.97 Å². The van der Waals surface area contributed by atoms with Crippen molar-refractivity contribution in [1.82, 2.24) is 9.97 Å². The molecule has 2 aliphatic rings. The van der Waals surface area contributed by atoms with E-state index in [2.05, 4.69) is 9.97 Å². The van der Waals surface area contributed by atoms with Crippen LogP contribution in [-0.4, -0.2) is 36.1 Å². The fourth-order valence-electron chi connectivity index (χ4n) is 2.50. The minimum Gasteiger partial charge on any atom is -0.469 e. The van der Waals surface area contributed by atoms with Gasteiger partial charge in [-0.25, -0.2) is 4.98 Å². The van der Waals surface area contributed by atoms with E-state index in [0.717, 1.165) is 31.6 Å². The lowest BCUT2D eigenvalue weighted by molar-refractivity contribution is -0.144. The monoisotopic (exact) mass is 263 g/mol. The number of aromatic nitrogens is 2. The molecule has 1 aliphatic heterocycles. The van der Waals surface area contributed by atoms with E-state index in [1.54, 1.807) is 0 Å². The van der Waals surface area contributed by atoms with Gasteiger partial charge in [0.15, 0.2) is 0 Å².